The van der Waals surface area contributed by atoms with Gasteiger partial charge in [-0.1, -0.05) is 0 Å². The van der Waals surface area contributed by atoms with Gasteiger partial charge in [-0.25, -0.2) is 27.7 Å². The second kappa shape index (κ2) is 9.95. The molecule has 198 valence electrons. The van der Waals surface area contributed by atoms with Crippen molar-refractivity contribution in [1.29, 1.82) is 0 Å². The summed E-state index contributed by atoms with van der Waals surface area (Å²) in [5, 5.41) is 12.4. The van der Waals surface area contributed by atoms with Crippen LogP contribution in [0.15, 0.2) is 36.0 Å². The van der Waals surface area contributed by atoms with Crippen molar-refractivity contribution in [3.63, 3.8) is 0 Å². The molecule has 2 atom stereocenters. The summed E-state index contributed by atoms with van der Waals surface area (Å²) in [4.78, 5) is 31.3. The molecule has 1 aromatic carbocycles. The van der Waals surface area contributed by atoms with Crippen molar-refractivity contribution in [3.8, 4) is 0 Å². The van der Waals surface area contributed by atoms with E-state index >= 15 is 4.39 Å². The number of carbonyl (C=O) groups excluding carboxylic acids is 1. The maximum atomic E-state index is 15.2. The zero-order valence-corrected chi connectivity index (χ0v) is 21.0. The molecule has 0 bridgehead atoms. The monoisotopic (exact) mass is 518 g/mol. The number of hydrogen-bond donors (Lipinski definition) is 2. The number of ether oxygens (including phenoxy) is 1. The highest BCUT2D eigenvalue weighted by molar-refractivity contribution is 5.90. The summed E-state index contributed by atoms with van der Waals surface area (Å²) in [5.74, 6) is -3.39. The first-order valence-corrected chi connectivity index (χ1v) is 11.9. The molecule has 0 unspecified atom stereocenters. The van der Waals surface area contributed by atoms with E-state index in [1.807, 2.05) is 6.92 Å². The summed E-state index contributed by atoms with van der Waals surface area (Å²) in [5.41, 5.74) is -0.568. The molecule has 0 aliphatic carbocycles. The van der Waals surface area contributed by atoms with Gasteiger partial charge < -0.3 is 20.1 Å². The minimum absolute atomic E-state index is 0.00564. The fourth-order valence-corrected chi connectivity index (χ4v) is 4.53. The van der Waals surface area contributed by atoms with Crippen LogP contribution in [0.1, 0.15) is 39.7 Å². The lowest BCUT2D eigenvalue weighted by Crippen LogP contribution is -2.42. The number of hydrogen-bond acceptors (Lipinski definition) is 6. The first kappa shape index (κ1) is 26.3. The number of nitrogens with one attached hydrogen (secondary N) is 1. The summed E-state index contributed by atoms with van der Waals surface area (Å²) < 4.78 is 48.7. The average molecular weight is 519 g/mol. The van der Waals surface area contributed by atoms with Crippen molar-refractivity contribution in [3.05, 3.63) is 59.1 Å². The van der Waals surface area contributed by atoms with Crippen LogP contribution < -0.4 is 15.1 Å². The van der Waals surface area contributed by atoms with Gasteiger partial charge in [0.1, 0.15) is 23.1 Å². The van der Waals surface area contributed by atoms with E-state index < -0.39 is 35.1 Å². The van der Waals surface area contributed by atoms with Gasteiger partial charge in [0.15, 0.2) is 11.6 Å². The molecule has 4 rings (SSSR count). The van der Waals surface area contributed by atoms with Gasteiger partial charge in [-0.15, -0.1) is 0 Å². The third-order valence-electron chi connectivity index (χ3n) is 6.33. The van der Waals surface area contributed by atoms with Crippen molar-refractivity contribution in [1.82, 2.24) is 10.3 Å². The maximum Gasteiger partial charge on any atom is 0.407 e. The fourth-order valence-electron chi connectivity index (χ4n) is 4.53. The Balaban J connectivity index is 1.61. The van der Waals surface area contributed by atoms with Gasteiger partial charge in [0.25, 0.3) is 0 Å². The Morgan fingerprint density at radius 1 is 1.16 bits per heavy atom. The molecule has 0 spiro atoms. The standard InChI is InChI=1S/C26H29F3N4O4/c1-14(30-25(36)37-26(2,3)4)15-7-8-32(12-15)23-20(29)10-16-9-17(24(34)35)13-33(22(16)31-23)21-6-5-18(27)11-19(21)28/h5-6,10-11,13-15H,7-9,12H2,1-4H3,(H,30,36)(H,34,35)/t14-,15-/m1/s1. The van der Waals surface area contributed by atoms with Crippen LogP contribution in [0, 0.1) is 23.4 Å². The zero-order chi connectivity index (χ0) is 27.1. The average Bonchev–Trinajstić information content (AvgIpc) is 3.27. The van der Waals surface area contributed by atoms with Crippen molar-refractivity contribution >= 4 is 29.4 Å². The number of carbonyl (C=O) groups is 2. The van der Waals surface area contributed by atoms with Crippen LogP contribution in [-0.2, 0) is 16.0 Å². The Hall–Kier alpha value is -3.76. The molecule has 1 amide bonds. The predicted molar refractivity (Wildman–Crippen MR) is 131 cm³/mol. The van der Waals surface area contributed by atoms with Crippen LogP contribution in [0.3, 0.4) is 0 Å². The Morgan fingerprint density at radius 2 is 1.89 bits per heavy atom. The van der Waals surface area contributed by atoms with Crippen LogP contribution in [0.2, 0.25) is 0 Å². The first-order valence-electron chi connectivity index (χ1n) is 11.9. The number of aliphatic carboxylic acids is 1. The van der Waals surface area contributed by atoms with Gasteiger partial charge in [-0.05, 0) is 58.2 Å². The van der Waals surface area contributed by atoms with E-state index in [-0.39, 0.29) is 46.8 Å². The Labute approximate surface area is 212 Å². The van der Waals surface area contributed by atoms with Crippen LogP contribution in [0.25, 0.3) is 0 Å². The molecule has 37 heavy (non-hydrogen) atoms. The number of anilines is 3. The van der Waals surface area contributed by atoms with E-state index in [0.29, 0.717) is 25.6 Å². The topological polar surface area (TPSA) is 95.0 Å². The van der Waals surface area contributed by atoms with E-state index in [4.69, 9.17) is 4.74 Å². The maximum absolute atomic E-state index is 15.2. The number of benzene rings is 1. The summed E-state index contributed by atoms with van der Waals surface area (Å²) in [6.45, 7) is 8.04. The molecule has 2 aliphatic heterocycles. The highest BCUT2D eigenvalue weighted by atomic mass is 19.1. The molecule has 2 aliphatic rings. The van der Waals surface area contributed by atoms with E-state index in [1.54, 1.807) is 25.7 Å². The minimum Gasteiger partial charge on any atom is -0.478 e. The number of rotatable bonds is 5. The lowest BCUT2D eigenvalue weighted by molar-refractivity contribution is -0.132. The number of alkyl carbamates (subject to hydrolysis) is 1. The summed E-state index contributed by atoms with van der Waals surface area (Å²) in [6.07, 6.45) is 1.24. The fraction of sp³-hybridized carbons (Fsp3) is 0.423. The first-order chi connectivity index (χ1) is 17.3. The van der Waals surface area contributed by atoms with Crippen molar-refractivity contribution in [2.45, 2.75) is 52.2 Å². The molecule has 1 aromatic heterocycles. The van der Waals surface area contributed by atoms with Crippen LogP contribution in [0.5, 0.6) is 0 Å². The number of amides is 1. The molecule has 0 radical (unpaired) electrons. The molecule has 11 heteroatoms. The molecule has 2 aromatic rings. The molecular formula is C26H29F3N4O4. The molecular weight excluding hydrogens is 489 g/mol. The van der Waals surface area contributed by atoms with Gasteiger partial charge in [0, 0.05) is 43.4 Å². The van der Waals surface area contributed by atoms with E-state index in [2.05, 4.69) is 10.3 Å². The number of halogens is 3. The van der Waals surface area contributed by atoms with Crippen molar-refractivity contribution in [2.75, 3.05) is 22.9 Å². The Morgan fingerprint density at radius 3 is 2.54 bits per heavy atom. The van der Waals surface area contributed by atoms with Gasteiger partial charge >= 0.3 is 12.1 Å². The summed E-state index contributed by atoms with van der Waals surface area (Å²) in [6, 6.07) is 3.88. The quantitative estimate of drug-likeness (QED) is 0.581. The Kier molecular flexibility index (Phi) is 7.07. The molecule has 1 saturated heterocycles. The van der Waals surface area contributed by atoms with Gasteiger partial charge in [-0.3, -0.25) is 4.90 Å². The molecule has 0 saturated carbocycles. The minimum atomic E-state index is -1.24. The summed E-state index contributed by atoms with van der Waals surface area (Å²) in [7, 11) is 0. The highest BCUT2D eigenvalue weighted by Crippen LogP contribution is 2.38. The largest absolute Gasteiger partial charge is 0.478 e. The van der Waals surface area contributed by atoms with Crippen molar-refractivity contribution in [2.24, 2.45) is 5.92 Å². The molecule has 8 nitrogen and oxygen atoms in total. The normalized spacial score (nSPS) is 18.2. The van der Waals surface area contributed by atoms with Crippen LogP contribution >= 0.6 is 0 Å². The number of carboxylic acids is 1. The van der Waals surface area contributed by atoms with E-state index in [0.717, 1.165) is 6.07 Å². The number of fused-ring (bicyclic) bond motifs is 1. The Bertz CT molecular complexity index is 1260. The van der Waals surface area contributed by atoms with Crippen LogP contribution in [-0.4, -0.2) is 46.9 Å². The van der Waals surface area contributed by atoms with Gasteiger partial charge in [0.05, 0.1) is 11.3 Å². The molecule has 1 fully saturated rings. The predicted octanol–water partition coefficient (Wildman–Crippen LogP) is 4.90. The summed E-state index contributed by atoms with van der Waals surface area (Å²) >= 11 is 0. The highest BCUT2D eigenvalue weighted by Gasteiger charge is 2.33. The number of nitrogens with zero attached hydrogens (tertiary/aromatic N) is 3. The molecule has 2 N–H and O–H groups in total. The lowest BCUT2D eigenvalue weighted by Gasteiger charge is -2.30. The smallest absolute Gasteiger partial charge is 0.407 e. The number of carboxylic acid groups (broad SMARTS) is 1. The lowest BCUT2D eigenvalue weighted by atomic mass is 10.0. The number of pyridine rings is 1. The van der Waals surface area contributed by atoms with Crippen LogP contribution in [0.4, 0.5) is 35.3 Å². The second-order valence-corrected chi connectivity index (χ2v) is 10.3. The van der Waals surface area contributed by atoms with Gasteiger partial charge in [-0.2, -0.15) is 0 Å². The third kappa shape index (κ3) is 5.81. The third-order valence-corrected chi connectivity index (χ3v) is 6.33. The van der Waals surface area contributed by atoms with Crippen molar-refractivity contribution < 1.29 is 32.6 Å². The molecule has 3 heterocycles. The zero-order valence-electron chi connectivity index (χ0n) is 21.0. The van der Waals surface area contributed by atoms with E-state index in [1.165, 1.54) is 23.2 Å². The van der Waals surface area contributed by atoms with E-state index in [9.17, 15) is 23.5 Å². The number of aromatic nitrogens is 1. The van der Waals surface area contributed by atoms with Gasteiger partial charge in [0.2, 0.25) is 0 Å². The SMILES string of the molecule is C[C@@H](NC(=O)OC(C)(C)C)[C@@H]1CCN(c2nc3c(cc2F)CC(C(=O)O)=CN3c2ccc(F)cc2F)C1. The second-order valence-electron chi connectivity index (χ2n) is 10.3.